The molecule has 5 heteroatoms. The summed E-state index contributed by atoms with van der Waals surface area (Å²) in [6.45, 7) is 4.98. The van der Waals surface area contributed by atoms with Crippen LogP contribution >= 0.6 is 0 Å². The van der Waals surface area contributed by atoms with Gasteiger partial charge in [0.25, 0.3) is 0 Å². The van der Waals surface area contributed by atoms with Crippen LogP contribution in [0.1, 0.15) is 45.1 Å². The summed E-state index contributed by atoms with van der Waals surface area (Å²) >= 11 is 0. The smallest absolute Gasteiger partial charge is 0.239 e. The molecule has 0 aliphatic rings. The molecule has 0 aromatic heterocycles. The van der Waals surface area contributed by atoms with Crippen LogP contribution in [0.2, 0.25) is 0 Å². The lowest BCUT2D eigenvalue weighted by atomic mass is 10.00. The molecule has 0 aliphatic carbocycles. The highest BCUT2D eigenvalue weighted by atomic mass is 16.5. The van der Waals surface area contributed by atoms with Crippen molar-refractivity contribution in [1.29, 1.82) is 0 Å². The van der Waals surface area contributed by atoms with Crippen LogP contribution in [0, 0.1) is 5.92 Å². The fraction of sp³-hybridized carbons (Fsp3) is 0.556. The minimum Gasteiger partial charge on any atom is -0.376 e. The SMILES string of the molecule is CCCC(COCc1ccccc1)CC(=O)NC(CC)C(N)=O. The summed E-state index contributed by atoms with van der Waals surface area (Å²) in [6, 6.07) is 9.36. The molecule has 0 saturated heterocycles. The van der Waals surface area contributed by atoms with Gasteiger partial charge in [-0.15, -0.1) is 0 Å². The van der Waals surface area contributed by atoms with Gasteiger partial charge in [-0.05, 0) is 24.3 Å². The molecular formula is C18H28N2O3. The number of nitrogens with one attached hydrogen (secondary N) is 1. The van der Waals surface area contributed by atoms with Crippen molar-refractivity contribution in [3.63, 3.8) is 0 Å². The molecule has 0 saturated carbocycles. The summed E-state index contributed by atoms with van der Waals surface area (Å²) in [7, 11) is 0. The number of benzene rings is 1. The van der Waals surface area contributed by atoms with E-state index in [2.05, 4.69) is 12.2 Å². The third-order valence-electron chi connectivity index (χ3n) is 3.72. The first kappa shape index (κ1) is 19.2. The van der Waals surface area contributed by atoms with Crippen molar-refractivity contribution in [2.24, 2.45) is 11.7 Å². The molecule has 0 fully saturated rings. The topological polar surface area (TPSA) is 81.4 Å². The van der Waals surface area contributed by atoms with E-state index in [0.717, 1.165) is 18.4 Å². The van der Waals surface area contributed by atoms with Gasteiger partial charge >= 0.3 is 0 Å². The maximum atomic E-state index is 12.1. The molecule has 23 heavy (non-hydrogen) atoms. The first-order chi connectivity index (χ1) is 11.1. The summed E-state index contributed by atoms with van der Waals surface area (Å²) in [5, 5.41) is 2.69. The van der Waals surface area contributed by atoms with Gasteiger partial charge < -0.3 is 15.8 Å². The Hall–Kier alpha value is -1.88. The number of primary amides is 1. The van der Waals surface area contributed by atoms with Gasteiger partial charge in [-0.25, -0.2) is 0 Å². The van der Waals surface area contributed by atoms with E-state index in [-0.39, 0.29) is 11.8 Å². The minimum absolute atomic E-state index is 0.141. The fourth-order valence-electron chi connectivity index (χ4n) is 2.46. The number of nitrogens with two attached hydrogens (primary N) is 1. The maximum absolute atomic E-state index is 12.1. The third-order valence-corrected chi connectivity index (χ3v) is 3.72. The number of hydrogen-bond acceptors (Lipinski definition) is 3. The molecule has 2 atom stereocenters. The Labute approximate surface area is 138 Å². The Morgan fingerprint density at radius 2 is 1.91 bits per heavy atom. The minimum atomic E-state index is -0.588. The van der Waals surface area contributed by atoms with Crippen LogP contribution in [-0.4, -0.2) is 24.5 Å². The van der Waals surface area contributed by atoms with Crippen LogP contribution < -0.4 is 11.1 Å². The van der Waals surface area contributed by atoms with Crippen molar-refractivity contribution in [2.75, 3.05) is 6.61 Å². The second kappa shape index (κ2) is 10.8. The molecule has 128 valence electrons. The molecular weight excluding hydrogens is 292 g/mol. The van der Waals surface area contributed by atoms with Crippen LogP contribution in [0.4, 0.5) is 0 Å². The van der Waals surface area contributed by atoms with Gasteiger partial charge in [-0.2, -0.15) is 0 Å². The number of carbonyl (C=O) groups is 2. The van der Waals surface area contributed by atoms with E-state index in [1.165, 1.54) is 0 Å². The lowest BCUT2D eigenvalue weighted by Crippen LogP contribution is -2.44. The van der Waals surface area contributed by atoms with Gasteiger partial charge in [-0.3, -0.25) is 9.59 Å². The van der Waals surface area contributed by atoms with Crippen molar-refractivity contribution in [1.82, 2.24) is 5.32 Å². The van der Waals surface area contributed by atoms with Crippen molar-refractivity contribution in [3.8, 4) is 0 Å². The molecule has 0 aliphatic heterocycles. The van der Waals surface area contributed by atoms with E-state index in [9.17, 15) is 9.59 Å². The summed E-state index contributed by atoms with van der Waals surface area (Å²) in [5.41, 5.74) is 6.37. The third kappa shape index (κ3) is 7.79. The zero-order valence-corrected chi connectivity index (χ0v) is 14.1. The van der Waals surface area contributed by atoms with Gasteiger partial charge in [0.05, 0.1) is 13.2 Å². The Bertz CT molecular complexity index is 476. The van der Waals surface area contributed by atoms with Crippen molar-refractivity contribution in [2.45, 2.75) is 52.2 Å². The fourth-order valence-corrected chi connectivity index (χ4v) is 2.46. The van der Waals surface area contributed by atoms with Gasteiger partial charge in [0.2, 0.25) is 11.8 Å². The number of ether oxygens (including phenoxy) is 1. The predicted octanol–water partition coefficient (Wildman–Crippen LogP) is 2.39. The maximum Gasteiger partial charge on any atom is 0.239 e. The average molecular weight is 320 g/mol. The van der Waals surface area contributed by atoms with Crippen LogP contribution in [0.15, 0.2) is 30.3 Å². The normalized spacial score (nSPS) is 13.3. The van der Waals surface area contributed by atoms with Gasteiger partial charge in [0, 0.05) is 6.42 Å². The van der Waals surface area contributed by atoms with Gasteiger partial charge in [0.15, 0.2) is 0 Å². The molecule has 3 N–H and O–H groups in total. The van der Waals surface area contributed by atoms with Gasteiger partial charge in [0.1, 0.15) is 6.04 Å². The second-order valence-electron chi connectivity index (χ2n) is 5.79. The molecule has 2 unspecified atom stereocenters. The molecule has 0 heterocycles. The van der Waals surface area contributed by atoms with E-state index < -0.39 is 11.9 Å². The monoisotopic (exact) mass is 320 g/mol. The highest BCUT2D eigenvalue weighted by Gasteiger charge is 2.19. The average Bonchev–Trinajstić information content (AvgIpc) is 2.53. The van der Waals surface area contributed by atoms with E-state index in [1.54, 1.807) is 0 Å². The van der Waals surface area contributed by atoms with Crippen molar-refractivity contribution in [3.05, 3.63) is 35.9 Å². The zero-order valence-electron chi connectivity index (χ0n) is 14.1. The molecule has 1 aromatic rings. The predicted molar refractivity (Wildman–Crippen MR) is 90.5 cm³/mol. The summed E-state index contributed by atoms with van der Waals surface area (Å²) in [4.78, 5) is 23.2. The second-order valence-corrected chi connectivity index (χ2v) is 5.79. The number of hydrogen-bond donors (Lipinski definition) is 2. The van der Waals surface area contributed by atoms with E-state index in [0.29, 0.717) is 26.1 Å². The van der Waals surface area contributed by atoms with Crippen LogP contribution in [-0.2, 0) is 20.9 Å². The number of carbonyl (C=O) groups excluding carboxylic acids is 2. The molecule has 0 radical (unpaired) electrons. The van der Waals surface area contributed by atoms with Crippen molar-refractivity contribution < 1.29 is 14.3 Å². The highest BCUT2D eigenvalue weighted by molar-refractivity contribution is 5.86. The van der Waals surface area contributed by atoms with Crippen LogP contribution in [0.25, 0.3) is 0 Å². The molecule has 5 nitrogen and oxygen atoms in total. The lowest BCUT2D eigenvalue weighted by Gasteiger charge is -2.18. The first-order valence-electron chi connectivity index (χ1n) is 8.27. The quantitative estimate of drug-likeness (QED) is 0.657. The Kier molecular flexibility index (Phi) is 8.98. The summed E-state index contributed by atoms with van der Waals surface area (Å²) < 4.78 is 5.74. The largest absolute Gasteiger partial charge is 0.376 e. The first-order valence-corrected chi connectivity index (χ1v) is 8.27. The number of rotatable bonds is 11. The van der Waals surface area contributed by atoms with Gasteiger partial charge in [-0.1, -0.05) is 50.6 Å². The molecule has 0 spiro atoms. The van der Waals surface area contributed by atoms with E-state index >= 15 is 0 Å². The zero-order chi connectivity index (χ0) is 17.1. The molecule has 0 bridgehead atoms. The Morgan fingerprint density at radius 3 is 2.48 bits per heavy atom. The molecule has 1 aromatic carbocycles. The molecule has 1 rings (SSSR count). The summed E-state index contributed by atoms with van der Waals surface area (Å²) in [5.74, 6) is -0.486. The van der Waals surface area contributed by atoms with Crippen LogP contribution in [0.5, 0.6) is 0 Å². The Morgan fingerprint density at radius 1 is 1.22 bits per heavy atom. The summed E-state index contributed by atoms with van der Waals surface area (Å²) in [6.07, 6.45) is 2.76. The van der Waals surface area contributed by atoms with Crippen molar-refractivity contribution >= 4 is 11.8 Å². The lowest BCUT2D eigenvalue weighted by molar-refractivity contribution is -0.128. The van der Waals surface area contributed by atoms with Crippen LogP contribution in [0.3, 0.4) is 0 Å². The van der Waals surface area contributed by atoms with E-state index in [1.807, 2.05) is 37.3 Å². The number of amides is 2. The van der Waals surface area contributed by atoms with E-state index in [4.69, 9.17) is 10.5 Å². The molecule has 2 amide bonds. The standard InChI is InChI=1S/C18H28N2O3/c1-3-8-15(11-17(21)20-16(4-2)18(19)22)13-23-12-14-9-6-5-7-10-14/h5-7,9-10,15-16H,3-4,8,11-13H2,1-2H3,(H2,19,22)(H,20,21). The Balaban J connectivity index is 2.41. The highest BCUT2D eigenvalue weighted by Crippen LogP contribution is 2.13.